The van der Waals surface area contributed by atoms with E-state index in [2.05, 4.69) is 5.16 Å². The van der Waals surface area contributed by atoms with Gasteiger partial charge in [0, 0.05) is 5.02 Å². The van der Waals surface area contributed by atoms with Gasteiger partial charge < -0.3 is 35.1 Å². The lowest BCUT2D eigenvalue weighted by molar-refractivity contribution is -0.289. The molecular formula is C23H28ClNO7. The molecule has 32 heavy (non-hydrogen) atoms. The predicted octanol–water partition coefficient (Wildman–Crippen LogP) is 1.18. The monoisotopic (exact) mass is 465 g/mol. The van der Waals surface area contributed by atoms with Crippen molar-refractivity contribution in [1.29, 1.82) is 0 Å². The Morgan fingerprint density at radius 1 is 1.06 bits per heavy atom. The van der Waals surface area contributed by atoms with Crippen LogP contribution in [0.15, 0.2) is 47.6 Å². The normalized spacial score (nSPS) is 25.6. The SMILES string of the molecule is CO/N=C(\C)c1ccc(Cc2cc([C@@H]3OC(CO)(CO)[C@@H](O)[C@H](O)[C@H]3O)ccc2Cl)cc1. The lowest BCUT2D eigenvalue weighted by atomic mass is 9.83. The fourth-order valence-electron chi connectivity index (χ4n) is 3.83. The van der Waals surface area contributed by atoms with Gasteiger partial charge >= 0.3 is 0 Å². The highest BCUT2D eigenvalue weighted by molar-refractivity contribution is 6.31. The molecule has 0 radical (unpaired) electrons. The highest BCUT2D eigenvalue weighted by Gasteiger charge is 2.53. The Morgan fingerprint density at radius 3 is 2.31 bits per heavy atom. The molecule has 0 unspecified atom stereocenters. The van der Waals surface area contributed by atoms with Crippen molar-refractivity contribution in [2.24, 2.45) is 5.16 Å². The van der Waals surface area contributed by atoms with E-state index in [-0.39, 0.29) is 0 Å². The fraction of sp³-hybridized carbons (Fsp3) is 0.435. The third-order valence-corrected chi connectivity index (χ3v) is 6.18. The van der Waals surface area contributed by atoms with Crippen molar-refractivity contribution >= 4 is 17.3 Å². The average molecular weight is 466 g/mol. The van der Waals surface area contributed by atoms with Crippen LogP contribution >= 0.6 is 11.6 Å². The topological polar surface area (TPSA) is 132 Å². The molecule has 9 heteroatoms. The van der Waals surface area contributed by atoms with Gasteiger partial charge in [-0.15, -0.1) is 0 Å². The van der Waals surface area contributed by atoms with Crippen LogP contribution in [0, 0.1) is 0 Å². The second kappa shape index (κ2) is 10.3. The summed E-state index contributed by atoms with van der Waals surface area (Å²) in [7, 11) is 1.49. The zero-order valence-corrected chi connectivity index (χ0v) is 18.6. The van der Waals surface area contributed by atoms with E-state index in [1.165, 1.54) is 7.11 Å². The quantitative estimate of drug-likeness (QED) is 0.306. The predicted molar refractivity (Wildman–Crippen MR) is 119 cm³/mol. The molecule has 0 aromatic heterocycles. The van der Waals surface area contributed by atoms with Crippen LogP contribution in [-0.4, -0.2) is 75.5 Å². The highest BCUT2D eigenvalue weighted by atomic mass is 35.5. The van der Waals surface area contributed by atoms with Crippen LogP contribution in [0.25, 0.3) is 0 Å². The fourth-order valence-corrected chi connectivity index (χ4v) is 4.01. The van der Waals surface area contributed by atoms with E-state index in [4.69, 9.17) is 21.2 Å². The molecule has 0 aliphatic carbocycles. The van der Waals surface area contributed by atoms with Crippen LogP contribution in [0.1, 0.15) is 35.3 Å². The van der Waals surface area contributed by atoms with Gasteiger partial charge in [-0.1, -0.05) is 53.2 Å². The minimum atomic E-state index is -1.80. The van der Waals surface area contributed by atoms with Gasteiger partial charge in [-0.3, -0.25) is 0 Å². The number of ether oxygens (including phenoxy) is 1. The first-order chi connectivity index (χ1) is 15.3. The zero-order valence-electron chi connectivity index (χ0n) is 17.8. The Labute approximate surface area is 191 Å². The largest absolute Gasteiger partial charge is 0.399 e. The van der Waals surface area contributed by atoms with Crippen molar-refractivity contribution in [3.63, 3.8) is 0 Å². The van der Waals surface area contributed by atoms with E-state index in [9.17, 15) is 25.5 Å². The van der Waals surface area contributed by atoms with E-state index >= 15 is 0 Å². The van der Waals surface area contributed by atoms with Gasteiger partial charge in [-0.25, -0.2) is 0 Å². The van der Waals surface area contributed by atoms with Crippen molar-refractivity contribution in [2.75, 3.05) is 20.3 Å². The van der Waals surface area contributed by atoms with Crippen molar-refractivity contribution in [3.05, 3.63) is 69.7 Å². The summed E-state index contributed by atoms with van der Waals surface area (Å²) in [5, 5.41) is 54.8. The van der Waals surface area contributed by atoms with E-state index < -0.39 is 43.2 Å². The Bertz CT molecular complexity index is 946. The molecule has 2 aromatic carbocycles. The van der Waals surface area contributed by atoms with E-state index in [0.29, 0.717) is 17.0 Å². The number of hydrogen-bond acceptors (Lipinski definition) is 8. The van der Waals surface area contributed by atoms with Gasteiger partial charge in [0.1, 0.15) is 37.1 Å². The van der Waals surface area contributed by atoms with Crippen LogP contribution in [0.2, 0.25) is 5.02 Å². The van der Waals surface area contributed by atoms with Crippen molar-refractivity contribution in [3.8, 4) is 0 Å². The minimum Gasteiger partial charge on any atom is -0.399 e. The highest BCUT2D eigenvalue weighted by Crippen LogP contribution is 2.39. The first-order valence-corrected chi connectivity index (χ1v) is 10.5. The number of halogens is 1. The number of nitrogens with zero attached hydrogens (tertiary/aromatic N) is 1. The number of hydrogen-bond donors (Lipinski definition) is 5. The summed E-state index contributed by atoms with van der Waals surface area (Å²) in [6.07, 6.45) is -5.32. The Balaban J connectivity index is 1.87. The van der Waals surface area contributed by atoms with Gasteiger partial charge in [0.2, 0.25) is 0 Å². The van der Waals surface area contributed by atoms with Crippen LogP contribution in [0.3, 0.4) is 0 Å². The van der Waals surface area contributed by atoms with Gasteiger partial charge in [-0.05, 0) is 41.7 Å². The number of oxime groups is 1. The lowest BCUT2D eigenvalue weighted by Gasteiger charge is -2.47. The second-order valence-corrected chi connectivity index (χ2v) is 8.34. The minimum absolute atomic E-state index is 0.493. The van der Waals surface area contributed by atoms with Crippen LogP contribution < -0.4 is 0 Å². The first kappa shape index (κ1) is 24.6. The molecule has 0 spiro atoms. The summed E-state index contributed by atoms with van der Waals surface area (Å²) in [6.45, 7) is 0.381. The molecule has 174 valence electrons. The van der Waals surface area contributed by atoms with Crippen molar-refractivity contribution in [2.45, 2.75) is 43.4 Å². The molecule has 1 heterocycles. The third kappa shape index (κ3) is 4.82. The summed E-state index contributed by atoms with van der Waals surface area (Å²) in [5.41, 5.74) is 2.10. The van der Waals surface area contributed by atoms with Gasteiger partial charge in [0.05, 0.1) is 18.9 Å². The summed E-state index contributed by atoms with van der Waals surface area (Å²) in [4.78, 5) is 4.80. The second-order valence-electron chi connectivity index (χ2n) is 7.93. The molecule has 0 bridgehead atoms. The molecule has 2 aromatic rings. The summed E-state index contributed by atoms with van der Waals surface area (Å²) < 4.78 is 5.74. The average Bonchev–Trinajstić information content (AvgIpc) is 2.80. The van der Waals surface area contributed by atoms with E-state index in [0.717, 1.165) is 22.4 Å². The molecule has 0 saturated carbocycles. The standard InChI is InChI=1S/C23H28ClNO7/c1-13(25-31-2)15-5-3-14(4-6-15)9-17-10-16(7-8-18(17)24)21-19(28)20(29)22(30)23(11-26,12-27)32-21/h3-8,10,19-22,26-30H,9,11-12H2,1-2H3/b25-13+/t19-,20-,21+,22+/m1/s1. The molecule has 1 aliphatic rings. The van der Waals surface area contributed by atoms with Gasteiger partial charge in [-0.2, -0.15) is 0 Å². The van der Waals surface area contributed by atoms with E-state index in [1.807, 2.05) is 31.2 Å². The first-order valence-electron chi connectivity index (χ1n) is 10.2. The Morgan fingerprint density at radius 2 is 1.72 bits per heavy atom. The Kier molecular flexibility index (Phi) is 7.89. The maximum atomic E-state index is 10.5. The summed E-state index contributed by atoms with van der Waals surface area (Å²) in [6, 6.07) is 12.8. The van der Waals surface area contributed by atoms with Crippen LogP contribution in [0.4, 0.5) is 0 Å². The summed E-state index contributed by atoms with van der Waals surface area (Å²) in [5.74, 6) is 0. The molecule has 1 fully saturated rings. The molecular weight excluding hydrogens is 438 g/mol. The zero-order chi connectivity index (χ0) is 23.5. The summed E-state index contributed by atoms with van der Waals surface area (Å²) >= 11 is 6.40. The molecule has 1 aliphatic heterocycles. The third-order valence-electron chi connectivity index (χ3n) is 5.81. The molecule has 1 saturated heterocycles. The Hall–Kier alpha value is -2.04. The number of aliphatic hydroxyl groups is 5. The van der Waals surface area contributed by atoms with Crippen molar-refractivity contribution < 1.29 is 35.1 Å². The molecule has 5 N–H and O–H groups in total. The smallest absolute Gasteiger partial charge is 0.143 e. The van der Waals surface area contributed by atoms with Gasteiger partial charge in [0.25, 0.3) is 0 Å². The maximum absolute atomic E-state index is 10.5. The van der Waals surface area contributed by atoms with Crippen LogP contribution in [-0.2, 0) is 16.0 Å². The van der Waals surface area contributed by atoms with Gasteiger partial charge in [0.15, 0.2) is 0 Å². The van der Waals surface area contributed by atoms with Crippen LogP contribution in [0.5, 0.6) is 0 Å². The number of aliphatic hydroxyl groups excluding tert-OH is 5. The maximum Gasteiger partial charge on any atom is 0.143 e. The lowest BCUT2D eigenvalue weighted by Crippen LogP contribution is -2.65. The number of benzene rings is 2. The van der Waals surface area contributed by atoms with Crippen molar-refractivity contribution in [1.82, 2.24) is 0 Å². The molecule has 8 nitrogen and oxygen atoms in total. The molecule has 3 rings (SSSR count). The van der Waals surface area contributed by atoms with E-state index in [1.54, 1.807) is 18.2 Å². The molecule has 4 atom stereocenters. The number of rotatable bonds is 7. The molecule has 0 amide bonds.